The number of benzene rings is 1. The van der Waals surface area contributed by atoms with Gasteiger partial charge < -0.3 is 10.5 Å². The van der Waals surface area contributed by atoms with Gasteiger partial charge in [0.15, 0.2) is 0 Å². The Morgan fingerprint density at radius 2 is 2.06 bits per heavy atom. The Morgan fingerprint density at radius 1 is 1.41 bits per heavy atom. The quantitative estimate of drug-likeness (QED) is 0.623. The zero-order valence-corrected chi connectivity index (χ0v) is 11.1. The van der Waals surface area contributed by atoms with E-state index in [2.05, 4.69) is 6.92 Å². The van der Waals surface area contributed by atoms with Gasteiger partial charge >= 0.3 is 5.97 Å². The molecule has 94 valence electrons. The van der Waals surface area contributed by atoms with Gasteiger partial charge in [-0.3, -0.25) is 0 Å². The molecule has 1 aromatic rings. The molecule has 0 bridgehead atoms. The fourth-order valence-electron chi connectivity index (χ4n) is 1.56. The maximum Gasteiger partial charge on any atom is 0.331 e. The second-order valence-corrected chi connectivity index (χ2v) is 4.99. The van der Waals surface area contributed by atoms with E-state index in [1.807, 2.05) is 30.3 Å². The van der Waals surface area contributed by atoms with Crippen molar-refractivity contribution in [1.29, 1.82) is 0 Å². The first-order chi connectivity index (χ1) is 8.15. The largest absolute Gasteiger partial charge is 0.467 e. The smallest absolute Gasteiger partial charge is 0.331 e. The first-order valence-corrected chi connectivity index (χ1v) is 6.81. The average Bonchev–Trinajstić information content (AvgIpc) is 2.39. The minimum Gasteiger partial charge on any atom is -0.467 e. The number of ether oxygens (including phenoxy) is 1. The Balaban J connectivity index is 2.90. The minimum absolute atomic E-state index is 0.382. The zero-order valence-electron chi connectivity index (χ0n) is 10.3. The molecule has 0 saturated heterocycles. The van der Waals surface area contributed by atoms with E-state index in [0.29, 0.717) is 5.75 Å². The number of rotatable bonds is 6. The summed E-state index contributed by atoms with van der Waals surface area (Å²) in [7, 11) is 1.37. The standard InChI is InChI=1S/C13H19NO2S/c1-3-9-17-10-13(14,12(15)16-2)11-7-5-4-6-8-11/h4-8H,3,9-10,14H2,1-2H3. The Morgan fingerprint density at radius 3 is 2.59 bits per heavy atom. The number of carbonyl (C=O) groups is 1. The van der Waals surface area contributed by atoms with Gasteiger partial charge in [0.2, 0.25) is 0 Å². The summed E-state index contributed by atoms with van der Waals surface area (Å²) in [5, 5.41) is 0. The number of methoxy groups -OCH3 is 1. The predicted molar refractivity (Wildman–Crippen MR) is 71.9 cm³/mol. The van der Waals surface area contributed by atoms with Crippen molar-refractivity contribution >= 4 is 17.7 Å². The van der Waals surface area contributed by atoms with Gasteiger partial charge in [0.05, 0.1) is 7.11 Å². The second kappa shape index (κ2) is 6.67. The molecule has 17 heavy (non-hydrogen) atoms. The number of thioether (sulfide) groups is 1. The molecule has 0 spiro atoms. The van der Waals surface area contributed by atoms with Gasteiger partial charge in [0.1, 0.15) is 5.54 Å². The molecular formula is C13H19NO2S. The summed E-state index contributed by atoms with van der Waals surface area (Å²) in [5.41, 5.74) is 5.97. The number of hydrogen-bond acceptors (Lipinski definition) is 4. The molecule has 4 heteroatoms. The van der Waals surface area contributed by atoms with E-state index >= 15 is 0 Å². The van der Waals surface area contributed by atoms with Crippen molar-refractivity contribution in [2.24, 2.45) is 5.73 Å². The first kappa shape index (κ1) is 14.1. The van der Waals surface area contributed by atoms with Gasteiger partial charge in [-0.2, -0.15) is 11.8 Å². The molecule has 3 nitrogen and oxygen atoms in total. The average molecular weight is 253 g/mol. The van der Waals surface area contributed by atoms with E-state index < -0.39 is 5.54 Å². The summed E-state index contributed by atoms with van der Waals surface area (Å²) in [6.07, 6.45) is 1.07. The molecule has 2 N–H and O–H groups in total. The van der Waals surface area contributed by atoms with Gasteiger partial charge in [-0.25, -0.2) is 4.79 Å². The van der Waals surface area contributed by atoms with E-state index in [1.165, 1.54) is 7.11 Å². The van der Waals surface area contributed by atoms with Gasteiger partial charge in [-0.05, 0) is 17.7 Å². The first-order valence-electron chi connectivity index (χ1n) is 5.65. The van der Waals surface area contributed by atoms with Crippen molar-refractivity contribution in [3.05, 3.63) is 35.9 Å². The maximum atomic E-state index is 11.9. The third-order valence-electron chi connectivity index (χ3n) is 2.52. The van der Waals surface area contributed by atoms with Crippen LogP contribution >= 0.6 is 11.8 Å². The normalized spacial score (nSPS) is 14.1. The number of nitrogens with two attached hydrogens (primary N) is 1. The van der Waals surface area contributed by atoms with Crippen LogP contribution in [0.4, 0.5) is 0 Å². The molecule has 0 aliphatic rings. The number of hydrogen-bond donors (Lipinski definition) is 1. The molecule has 1 rings (SSSR count). The highest BCUT2D eigenvalue weighted by molar-refractivity contribution is 7.99. The molecule has 0 radical (unpaired) electrons. The van der Waals surface area contributed by atoms with Crippen LogP contribution in [0.5, 0.6) is 0 Å². The lowest BCUT2D eigenvalue weighted by molar-refractivity contribution is -0.146. The van der Waals surface area contributed by atoms with E-state index in [4.69, 9.17) is 10.5 Å². The molecule has 0 heterocycles. The Kier molecular flexibility index (Phi) is 5.51. The molecule has 1 aromatic carbocycles. The highest BCUT2D eigenvalue weighted by atomic mass is 32.2. The molecule has 0 amide bonds. The third kappa shape index (κ3) is 3.48. The van der Waals surface area contributed by atoms with Crippen LogP contribution < -0.4 is 5.73 Å². The van der Waals surface area contributed by atoms with Crippen molar-refractivity contribution < 1.29 is 9.53 Å². The summed E-state index contributed by atoms with van der Waals surface area (Å²) < 4.78 is 4.82. The number of carbonyl (C=O) groups excluding carboxylic acids is 1. The molecule has 0 saturated carbocycles. The lowest BCUT2D eigenvalue weighted by Crippen LogP contribution is -2.48. The van der Waals surface area contributed by atoms with E-state index in [0.717, 1.165) is 17.7 Å². The zero-order chi connectivity index (χ0) is 12.7. The van der Waals surface area contributed by atoms with Crippen LogP contribution in [-0.4, -0.2) is 24.6 Å². The van der Waals surface area contributed by atoms with Gasteiger partial charge in [-0.1, -0.05) is 37.3 Å². The summed E-state index contributed by atoms with van der Waals surface area (Å²) in [6.45, 7) is 2.10. The van der Waals surface area contributed by atoms with Crippen LogP contribution in [0, 0.1) is 0 Å². The highest BCUT2D eigenvalue weighted by Crippen LogP contribution is 2.24. The molecule has 0 aromatic heterocycles. The van der Waals surface area contributed by atoms with Gasteiger partial charge in [0.25, 0.3) is 0 Å². The van der Waals surface area contributed by atoms with E-state index in [-0.39, 0.29) is 5.97 Å². The van der Waals surface area contributed by atoms with Crippen LogP contribution in [0.1, 0.15) is 18.9 Å². The molecule has 1 unspecified atom stereocenters. The maximum absolute atomic E-state index is 11.9. The fraction of sp³-hybridized carbons (Fsp3) is 0.462. The van der Waals surface area contributed by atoms with Crippen LogP contribution in [0.15, 0.2) is 30.3 Å². The van der Waals surface area contributed by atoms with E-state index in [1.54, 1.807) is 11.8 Å². The Bertz CT molecular complexity index is 356. The van der Waals surface area contributed by atoms with Crippen molar-refractivity contribution in [2.75, 3.05) is 18.6 Å². The lowest BCUT2D eigenvalue weighted by atomic mass is 9.93. The molecular weight excluding hydrogens is 234 g/mol. The lowest BCUT2D eigenvalue weighted by Gasteiger charge is -2.26. The predicted octanol–water partition coefficient (Wildman–Crippen LogP) is 2.16. The van der Waals surface area contributed by atoms with Crippen LogP contribution in [0.25, 0.3) is 0 Å². The molecule has 0 fully saturated rings. The molecule has 0 aliphatic carbocycles. The van der Waals surface area contributed by atoms with Crippen molar-refractivity contribution in [3.63, 3.8) is 0 Å². The summed E-state index contributed by atoms with van der Waals surface area (Å²) in [6, 6.07) is 9.39. The molecule has 0 aliphatic heterocycles. The van der Waals surface area contributed by atoms with Crippen molar-refractivity contribution in [2.45, 2.75) is 18.9 Å². The fourth-order valence-corrected chi connectivity index (χ4v) is 2.59. The van der Waals surface area contributed by atoms with Crippen LogP contribution in [-0.2, 0) is 15.1 Å². The Hall–Kier alpha value is -1.00. The second-order valence-electron chi connectivity index (χ2n) is 3.88. The third-order valence-corrected chi connectivity index (χ3v) is 3.87. The summed E-state index contributed by atoms with van der Waals surface area (Å²) in [5.74, 6) is 1.15. The monoisotopic (exact) mass is 253 g/mol. The summed E-state index contributed by atoms with van der Waals surface area (Å²) >= 11 is 1.67. The SMILES string of the molecule is CCCSCC(N)(C(=O)OC)c1ccccc1. The Labute approximate surface area is 107 Å². The highest BCUT2D eigenvalue weighted by Gasteiger charge is 2.36. The van der Waals surface area contributed by atoms with Crippen molar-refractivity contribution in [1.82, 2.24) is 0 Å². The summed E-state index contributed by atoms with van der Waals surface area (Å²) in [4.78, 5) is 11.9. The van der Waals surface area contributed by atoms with Gasteiger partial charge in [-0.15, -0.1) is 0 Å². The van der Waals surface area contributed by atoms with Crippen molar-refractivity contribution in [3.8, 4) is 0 Å². The topological polar surface area (TPSA) is 52.3 Å². The van der Waals surface area contributed by atoms with Crippen LogP contribution in [0.2, 0.25) is 0 Å². The van der Waals surface area contributed by atoms with E-state index in [9.17, 15) is 4.79 Å². The minimum atomic E-state index is -1.05. The van der Waals surface area contributed by atoms with Crippen LogP contribution in [0.3, 0.4) is 0 Å². The number of esters is 1. The van der Waals surface area contributed by atoms with Gasteiger partial charge in [0, 0.05) is 5.75 Å². The molecule has 1 atom stereocenters.